The van der Waals surface area contributed by atoms with Gasteiger partial charge in [0.25, 0.3) is 21.8 Å². The number of methoxy groups -OCH3 is 1. The molecule has 3 aromatic carbocycles. The Bertz CT molecular complexity index is 1660. The Kier molecular flexibility index (Phi) is 8.03. The van der Waals surface area contributed by atoms with E-state index in [-0.39, 0.29) is 32.5 Å². The predicted molar refractivity (Wildman–Crippen MR) is 147 cm³/mol. The first-order valence-electron chi connectivity index (χ1n) is 11.4. The summed E-state index contributed by atoms with van der Waals surface area (Å²) in [4.78, 5) is 25.5. The number of benzene rings is 3. The number of aryl methyl sites for hydroxylation is 1. The molecule has 200 valence electrons. The van der Waals surface area contributed by atoms with Gasteiger partial charge in [-0.3, -0.25) is 9.59 Å². The molecule has 0 atom stereocenters. The molecule has 0 bridgehead atoms. The van der Waals surface area contributed by atoms with Crippen LogP contribution in [-0.2, 0) is 10.0 Å². The number of rotatable bonds is 8. The van der Waals surface area contributed by atoms with Gasteiger partial charge in [-0.1, -0.05) is 29.3 Å². The van der Waals surface area contributed by atoms with Crippen molar-refractivity contribution in [3.63, 3.8) is 0 Å². The fourth-order valence-electron chi connectivity index (χ4n) is 3.47. The Morgan fingerprint density at radius 2 is 1.69 bits per heavy atom. The maximum Gasteiger partial charge on any atom is 0.273 e. The van der Waals surface area contributed by atoms with Crippen molar-refractivity contribution in [3.8, 4) is 11.5 Å². The van der Waals surface area contributed by atoms with Crippen LogP contribution in [0.2, 0.25) is 5.02 Å². The minimum Gasteiger partial charge on any atom is -0.506 e. The lowest BCUT2D eigenvalue weighted by molar-refractivity contribution is 0.0954. The number of nitrogens with zero attached hydrogens (tertiary/aromatic N) is 2. The molecule has 0 unspecified atom stereocenters. The molecule has 39 heavy (non-hydrogen) atoms. The van der Waals surface area contributed by atoms with Crippen LogP contribution in [-0.4, -0.2) is 42.6 Å². The maximum absolute atomic E-state index is 13.5. The standard InChI is InChI=1S/C27H23ClN4O6S/c1-17-3-10-22(11-4-17)39(36,37)32-16-18(15-29-31-26(34)19-5-12-25(33)23(28)14-19)13-24(32)27(35)30-20-6-8-21(38-2)9-7-20/h3-16,33H,1-2H3,(H,30,35)(H,31,34)/b29-15+. The van der Waals surface area contributed by atoms with Gasteiger partial charge in [-0.25, -0.2) is 17.8 Å². The summed E-state index contributed by atoms with van der Waals surface area (Å²) in [7, 11) is -2.64. The first kappa shape index (κ1) is 27.4. The van der Waals surface area contributed by atoms with Crippen LogP contribution in [0.15, 0.2) is 89.0 Å². The van der Waals surface area contributed by atoms with Crippen molar-refractivity contribution in [2.45, 2.75) is 11.8 Å². The minimum atomic E-state index is -4.16. The average Bonchev–Trinajstić information content (AvgIpc) is 3.36. The smallest absolute Gasteiger partial charge is 0.273 e. The third kappa shape index (κ3) is 6.28. The Morgan fingerprint density at radius 1 is 1.00 bits per heavy atom. The molecule has 0 aliphatic heterocycles. The molecular formula is C27H23ClN4O6S. The number of phenols is 1. The highest BCUT2D eigenvalue weighted by molar-refractivity contribution is 7.90. The van der Waals surface area contributed by atoms with Gasteiger partial charge in [-0.15, -0.1) is 0 Å². The summed E-state index contributed by atoms with van der Waals surface area (Å²) in [5.74, 6) is -0.877. The third-order valence-electron chi connectivity index (χ3n) is 5.56. The average molecular weight is 567 g/mol. The molecule has 0 fully saturated rings. The fraction of sp³-hybridized carbons (Fsp3) is 0.0741. The summed E-state index contributed by atoms with van der Waals surface area (Å²) in [6.07, 6.45) is 2.43. The molecule has 3 N–H and O–H groups in total. The first-order valence-corrected chi connectivity index (χ1v) is 13.2. The Labute approximate surface area is 229 Å². The van der Waals surface area contributed by atoms with Gasteiger partial charge in [-0.2, -0.15) is 5.10 Å². The van der Waals surface area contributed by atoms with Crippen LogP contribution in [0.4, 0.5) is 5.69 Å². The molecule has 4 rings (SSSR count). The van der Waals surface area contributed by atoms with Crippen molar-refractivity contribution < 1.29 is 27.9 Å². The summed E-state index contributed by atoms with van der Waals surface area (Å²) in [6, 6.07) is 18.0. The molecule has 0 spiro atoms. The van der Waals surface area contributed by atoms with Crippen molar-refractivity contribution in [1.29, 1.82) is 0 Å². The molecule has 0 aliphatic rings. The maximum atomic E-state index is 13.5. The van der Waals surface area contributed by atoms with Gasteiger partial charge in [0.1, 0.15) is 17.2 Å². The number of phenolic OH excluding ortho intramolecular Hbond substituents is 1. The Balaban J connectivity index is 1.64. The lowest BCUT2D eigenvalue weighted by atomic mass is 10.2. The lowest BCUT2D eigenvalue weighted by Crippen LogP contribution is -2.21. The van der Waals surface area contributed by atoms with Gasteiger partial charge in [0.15, 0.2) is 0 Å². The minimum absolute atomic E-state index is 0.00228. The summed E-state index contributed by atoms with van der Waals surface area (Å²) < 4.78 is 32.9. The zero-order valence-electron chi connectivity index (χ0n) is 20.8. The number of carbonyl (C=O) groups is 2. The molecule has 0 saturated carbocycles. The van der Waals surface area contributed by atoms with Crippen molar-refractivity contribution >= 4 is 45.3 Å². The van der Waals surface area contributed by atoms with Crippen molar-refractivity contribution in [1.82, 2.24) is 9.40 Å². The highest BCUT2D eigenvalue weighted by Crippen LogP contribution is 2.24. The SMILES string of the molecule is COc1ccc(NC(=O)c2cc(/C=N/NC(=O)c3ccc(O)c(Cl)c3)cn2S(=O)(=O)c2ccc(C)cc2)cc1. The van der Waals surface area contributed by atoms with E-state index < -0.39 is 21.8 Å². The van der Waals surface area contributed by atoms with E-state index in [9.17, 15) is 23.1 Å². The molecular weight excluding hydrogens is 544 g/mol. The van der Waals surface area contributed by atoms with E-state index in [4.69, 9.17) is 16.3 Å². The van der Waals surface area contributed by atoms with E-state index in [0.29, 0.717) is 11.4 Å². The van der Waals surface area contributed by atoms with Crippen molar-refractivity contribution in [2.24, 2.45) is 5.10 Å². The number of halogens is 1. The number of hydrogen-bond donors (Lipinski definition) is 3. The summed E-state index contributed by atoms with van der Waals surface area (Å²) >= 11 is 5.84. The second kappa shape index (κ2) is 11.4. The number of carbonyl (C=O) groups excluding carboxylic acids is 2. The van der Waals surface area contributed by atoms with E-state index in [1.807, 2.05) is 6.92 Å². The van der Waals surface area contributed by atoms with E-state index in [1.165, 1.54) is 55.9 Å². The summed E-state index contributed by atoms with van der Waals surface area (Å²) in [6.45, 7) is 1.83. The Morgan fingerprint density at radius 3 is 2.33 bits per heavy atom. The number of amides is 2. The molecule has 0 aliphatic carbocycles. The number of hydrogen-bond acceptors (Lipinski definition) is 7. The normalized spacial score (nSPS) is 11.4. The van der Waals surface area contributed by atoms with Gasteiger partial charge >= 0.3 is 0 Å². The molecule has 0 radical (unpaired) electrons. The van der Waals surface area contributed by atoms with Crippen LogP contribution < -0.4 is 15.5 Å². The molecule has 0 saturated heterocycles. The number of aromatic nitrogens is 1. The first-order chi connectivity index (χ1) is 18.6. The number of ether oxygens (including phenoxy) is 1. The van der Waals surface area contributed by atoms with Crippen LogP contribution >= 0.6 is 11.6 Å². The van der Waals surface area contributed by atoms with E-state index in [2.05, 4.69) is 15.8 Å². The number of hydrazone groups is 1. The van der Waals surface area contributed by atoms with Gasteiger partial charge in [-0.05, 0) is 67.6 Å². The molecule has 1 heterocycles. The quantitative estimate of drug-likeness (QED) is 0.213. The Hall–Kier alpha value is -4.61. The van der Waals surface area contributed by atoms with Crippen LogP contribution in [0.25, 0.3) is 0 Å². The monoisotopic (exact) mass is 566 g/mol. The molecule has 2 amide bonds. The van der Waals surface area contributed by atoms with Crippen LogP contribution in [0.5, 0.6) is 11.5 Å². The van der Waals surface area contributed by atoms with E-state index in [0.717, 1.165) is 9.54 Å². The van der Waals surface area contributed by atoms with Crippen LogP contribution in [0, 0.1) is 6.92 Å². The predicted octanol–water partition coefficient (Wildman–Crippen LogP) is 4.42. The second-order valence-electron chi connectivity index (χ2n) is 8.32. The van der Waals surface area contributed by atoms with Crippen molar-refractivity contribution in [2.75, 3.05) is 12.4 Å². The highest BCUT2D eigenvalue weighted by Gasteiger charge is 2.24. The number of nitrogens with one attached hydrogen (secondary N) is 2. The van der Waals surface area contributed by atoms with Gasteiger partial charge in [0.2, 0.25) is 0 Å². The van der Waals surface area contributed by atoms with Crippen LogP contribution in [0.1, 0.15) is 32.0 Å². The lowest BCUT2D eigenvalue weighted by Gasteiger charge is -2.11. The highest BCUT2D eigenvalue weighted by atomic mass is 35.5. The van der Waals surface area contributed by atoms with Gasteiger partial charge in [0, 0.05) is 23.0 Å². The summed E-state index contributed by atoms with van der Waals surface area (Å²) in [5.41, 5.74) is 3.80. The van der Waals surface area contributed by atoms with E-state index >= 15 is 0 Å². The molecule has 1 aromatic heterocycles. The molecule has 10 nitrogen and oxygen atoms in total. The summed E-state index contributed by atoms with van der Waals surface area (Å²) in [5, 5.41) is 16.1. The van der Waals surface area contributed by atoms with Gasteiger partial charge in [0.05, 0.1) is 23.2 Å². The topological polar surface area (TPSA) is 139 Å². The number of aromatic hydroxyl groups is 1. The van der Waals surface area contributed by atoms with Gasteiger partial charge < -0.3 is 15.2 Å². The third-order valence-corrected chi connectivity index (χ3v) is 7.55. The fourth-order valence-corrected chi connectivity index (χ4v) is 5.01. The molecule has 12 heteroatoms. The number of anilines is 1. The zero-order valence-corrected chi connectivity index (χ0v) is 22.3. The van der Waals surface area contributed by atoms with E-state index in [1.54, 1.807) is 36.4 Å². The van der Waals surface area contributed by atoms with Crippen molar-refractivity contribution in [3.05, 3.63) is 106 Å². The van der Waals surface area contributed by atoms with Crippen LogP contribution in [0.3, 0.4) is 0 Å². The molecule has 4 aromatic rings. The zero-order chi connectivity index (χ0) is 28.2. The second-order valence-corrected chi connectivity index (χ2v) is 10.5. The largest absolute Gasteiger partial charge is 0.506 e.